The normalized spacial score (nSPS) is 19.9. The zero-order chi connectivity index (χ0) is 19.6. The molecule has 2 aromatic carbocycles. The predicted octanol–water partition coefficient (Wildman–Crippen LogP) is 4.76. The first-order chi connectivity index (χ1) is 12.8. The zero-order valence-electron chi connectivity index (χ0n) is 15.5. The van der Waals surface area contributed by atoms with Gasteiger partial charge in [0.25, 0.3) is 0 Å². The first-order valence-electron chi connectivity index (χ1n) is 8.73. The third-order valence-corrected chi connectivity index (χ3v) is 5.66. The third kappa shape index (κ3) is 4.66. The van der Waals surface area contributed by atoms with E-state index in [1.165, 1.54) is 11.8 Å². The number of benzene rings is 2. The van der Waals surface area contributed by atoms with Crippen molar-refractivity contribution in [3.63, 3.8) is 0 Å². The molecule has 2 aromatic rings. The topological polar surface area (TPSA) is 46.6 Å². The summed E-state index contributed by atoms with van der Waals surface area (Å²) >= 11 is 7.25. The van der Waals surface area contributed by atoms with Crippen LogP contribution >= 0.6 is 23.4 Å². The lowest BCUT2D eigenvalue weighted by atomic mass is 9.93. The second kappa shape index (κ2) is 7.95. The van der Waals surface area contributed by atoms with E-state index in [-0.39, 0.29) is 12.3 Å². The molecule has 0 bridgehead atoms. The van der Waals surface area contributed by atoms with Crippen LogP contribution in [0.5, 0.6) is 0 Å². The van der Waals surface area contributed by atoms with Gasteiger partial charge in [-0.1, -0.05) is 74.5 Å². The smallest absolute Gasteiger partial charge is 0.341 e. The lowest BCUT2D eigenvalue weighted by Crippen LogP contribution is -2.47. The molecule has 27 heavy (non-hydrogen) atoms. The molecule has 1 aliphatic rings. The van der Waals surface area contributed by atoms with Crippen LogP contribution in [0.1, 0.15) is 26.3 Å². The molecule has 0 radical (unpaired) electrons. The second-order valence-electron chi connectivity index (χ2n) is 7.54. The molecule has 6 heteroatoms. The molecule has 0 spiro atoms. The number of hydrogen-bond donors (Lipinski definition) is 0. The molecule has 1 heterocycles. The standard InChI is InChI=1S/C21H22ClNO3S/c1-21(2,3)20-23(17(24)13-14-7-5-4-6-8-14)18(19(25)26-20)27-16-11-9-15(22)10-12-16/h4-12,18,20H,13H2,1-3H3/t18-,20-/m1/s1. The molecule has 3 rings (SSSR count). The fourth-order valence-electron chi connectivity index (χ4n) is 2.93. The van der Waals surface area contributed by atoms with Crippen LogP contribution in [0.25, 0.3) is 0 Å². The minimum absolute atomic E-state index is 0.126. The number of amides is 1. The highest BCUT2D eigenvalue weighted by molar-refractivity contribution is 8.00. The van der Waals surface area contributed by atoms with Crippen LogP contribution in [-0.2, 0) is 20.7 Å². The Labute approximate surface area is 168 Å². The molecule has 142 valence electrons. The van der Waals surface area contributed by atoms with Crippen LogP contribution in [0.15, 0.2) is 59.5 Å². The van der Waals surface area contributed by atoms with Crippen molar-refractivity contribution in [1.29, 1.82) is 0 Å². The predicted molar refractivity (Wildman–Crippen MR) is 107 cm³/mol. The third-order valence-electron chi connectivity index (χ3n) is 4.22. The van der Waals surface area contributed by atoms with Gasteiger partial charge in [0.1, 0.15) is 0 Å². The van der Waals surface area contributed by atoms with Crippen molar-refractivity contribution in [2.75, 3.05) is 0 Å². The van der Waals surface area contributed by atoms with Gasteiger partial charge >= 0.3 is 5.97 Å². The van der Waals surface area contributed by atoms with Gasteiger partial charge in [-0.15, -0.1) is 0 Å². The SMILES string of the molecule is CC(C)(C)[C@H]1OC(=O)[C@@H](Sc2ccc(Cl)cc2)N1C(=O)Cc1ccccc1. The van der Waals surface area contributed by atoms with Gasteiger partial charge < -0.3 is 4.74 Å². The number of carbonyl (C=O) groups is 2. The largest absolute Gasteiger partial charge is 0.439 e. The van der Waals surface area contributed by atoms with E-state index in [9.17, 15) is 9.59 Å². The molecular weight excluding hydrogens is 382 g/mol. The molecule has 4 nitrogen and oxygen atoms in total. The van der Waals surface area contributed by atoms with Gasteiger partial charge in [-0.05, 0) is 29.8 Å². The first kappa shape index (κ1) is 19.8. The molecule has 1 aliphatic heterocycles. The van der Waals surface area contributed by atoms with Gasteiger partial charge in [-0.25, -0.2) is 4.79 Å². The van der Waals surface area contributed by atoms with Crippen molar-refractivity contribution in [1.82, 2.24) is 4.90 Å². The number of nitrogens with zero attached hydrogens (tertiary/aromatic N) is 1. The summed E-state index contributed by atoms with van der Waals surface area (Å²) < 4.78 is 5.63. The minimum Gasteiger partial charge on any atom is -0.439 e. The van der Waals surface area contributed by atoms with E-state index in [2.05, 4.69) is 0 Å². The van der Waals surface area contributed by atoms with Crippen molar-refractivity contribution in [3.8, 4) is 0 Å². The van der Waals surface area contributed by atoms with Crippen molar-refractivity contribution < 1.29 is 14.3 Å². The van der Waals surface area contributed by atoms with Crippen LogP contribution in [-0.4, -0.2) is 28.4 Å². The lowest BCUT2D eigenvalue weighted by Gasteiger charge is -2.34. The molecule has 0 aliphatic carbocycles. The van der Waals surface area contributed by atoms with Crippen LogP contribution in [0.3, 0.4) is 0 Å². The average molecular weight is 404 g/mol. The highest BCUT2D eigenvalue weighted by Crippen LogP contribution is 2.39. The van der Waals surface area contributed by atoms with E-state index < -0.39 is 23.0 Å². The van der Waals surface area contributed by atoms with Crippen LogP contribution < -0.4 is 0 Å². The van der Waals surface area contributed by atoms with Crippen molar-refractivity contribution in [2.45, 2.75) is 43.7 Å². The summed E-state index contributed by atoms with van der Waals surface area (Å²) in [6.45, 7) is 5.88. The molecule has 1 amide bonds. The van der Waals surface area contributed by atoms with E-state index in [0.717, 1.165) is 10.5 Å². The summed E-state index contributed by atoms with van der Waals surface area (Å²) in [5.41, 5.74) is 0.516. The second-order valence-corrected chi connectivity index (χ2v) is 9.13. The van der Waals surface area contributed by atoms with E-state index in [4.69, 9.17) is 16.3 Å². The van der Waals surface area contributed by atoms with E-state index in [0.29, 0.717) is 5.02 Å². The van der Waals surface area contributed by atoms with Crippen molar-refractivity contribution >= 4 is 35.2 Å². The Hall–Kier alpha value is -1.98. The monoisotopic (exact) mass is 403 g/mol. The molecule has 0 saturated carbocycles. The summed E-state index contributed by atoms with van der Waals surface area (Å²) in [4.78, 5) is 28.2. The van der Waals surface area contributed by atoms with Crippen LogP contribution in [0.2, 0.25) is 5.02 Å². The lowest BCUT2D eigenvalue weighted by molar-refractivity contribution is -0.151. The van der Waals surface area contributed by atoms with Crippen LogP contribution in [0, 0.1) is 5.41 Å². The summed E-state index contributed by atoms with van der Waals surface area (Å²) in [6, 6.07) is 16.7. The number of cyclic esters (lactones) is 1. The van der Waals surface area contributed by atoms with Gasteiger partial charge in [-0.2, -0.15) is 0 Å². The minimum atomic E-state index is -0.716. The molecule has 0 unspecified atom stereocenters. The van der Waals surface area contributed by atoms with Crippen LogP contribution in [0.4, 0.5) is 0 Å². The maximum absolute atomic E-state index is 13.1. The molecule has 1 saturated heterocycles. The molecule has 0 aromatic heterocycles. The Morgan fingerprint density at radius 2 is 1.74 bits per heavy atom. The van der Waals surface area contributed by atoms with Gasteiger partial charge in [0, 0.05) is 15.3 Å². The summed E-state index contributed by atoms with van der Waals surface area (Å²) in [5, 5.41) is -0.0930. The van der Waals surface area contributed by atoms with E-state index >= 15 is 0 Å². The maximum atomic E-state index is 13.1. The highest BCUT2D eigenvalue weighted by atomic mass is 35.5. The Bertz CT molecular complexity index is 818. The molecular formula is C21H22ClNO3S. The van der Waals surface area contributed by atoms with Gasteiger partial charge in [0.15, 0.2) is 11.6 Å². The number of esters is 1. The van der Waals surface area contributed by atoms with Gasteiger partial charge in [-0.3, -0.25) is 9.69 Å². The van der Waals surface area contributed by atoms with E-state index in [1.807, 2.05) is 63.2 Å². The number of rotatable bonds is 4. The Kier molecular flexibility index (Phi) is 5.82. The fourth-order valence-corrected chi connectivity index (χ4v) is 4.10. The summed E-state index contributed by atoms with van der Waals surface area (Å²) in [5.74, 6) is -0.519. The number of hydrogen-bond acceptors (Lipinski definition) is 4. The van der Waals surface area contributed by atoms with Gasteiger partial charge in [0.2, 0.25) is 5.91 Å². The van der Waals surface area contributed by atoms with Gasteiger partial charge in [0.05, 0.1) is 6.42 Å². The number of carbonyl (C=O) groups excluding carboxylic acids is 2. The molecule has 1 fully saturated rings. The summed E-state index contributed by atoms with van der Waals surface area (Å²) in [6.07, 6.45) is -0.382. The quantitative estimate of drug-likeness (QED) is 0.690. The maximum Gasteiger partial charge on any atom is 0.341 e. The Morgan fingerprint density at radius 3 is 2.33 bits per heavy atom. The van der Waals surface area contributed by atoms with Crippen molar-refractivity contribution in [3.05, 3.63) is 65.2 Å². The Morgan fingerprint density at radius 1 is 1.11 bits per heavy atom. The molecule has 2 atom stereocenters. The number of thioether (sulfide) groups is 1. The average Bonchev–Trinajstić information content (AvgIpc) is 2.95. The van der Waals surface area contributed by atoms with Crippen molar-refractivity contribution in [2.24, 2.45) is 5.41 Å². The Balaban J connectivity index is 1.88. The van der Waals surface area contributed by atoms with E-state index in [1.54, 1.807) is 17.0 Å². The molecule has 0 N–H and O–H groups in total. The first-order valence-corrected chi connectivity index (χ1v) is 9.99. The number of ether oxygens (including phenoxy) is 1. The highest BCUT2D eigenvalue weighted by Gasteiger charge is 2.50. The summed E-state index contributed by atoms with van der Waals surface area (Å²) in [7, 11) is 0. The zero-order valence-corrected chi connectivity index (χ0v) is 17.1. The fraction of sp³-hybridized carbons (Fsp3) is 0.333. The number of halogens is 1.